The van der Waals surface area contributed by atoms with Crippen molar-refractivity contribution in [3.05, 3.63) is 53.6 Å². The fraction of sp³-hybridized carbons (Fsp3) is 0.393. The number of sulfonamides is 1. The second-order valence-electron chi connectivity index (χ2n) is 9.30. The van der Waals surface area contributed by atoms with E-state index < -0.39 is 16.1 Å². The first kappa shape index (κ1) is 30.3. The minimum Gasteiger partial charge on any atom is -0.495 e. The summed E-state index contributed by atoms with van der Waals surface area (Å²) in [6.45, 7) is 7.25. The third-order valence-electron chi connectivity index (χ3n) is 6.99. The fourth-order valence-electron chi connectivity index (χ4n) is 4.84. The molecule has 1 aliphatic heterocycles. The Morgan fingerprint density at radius 2 is 1.66 bits per heavy atom. The van der Waals surface area contributed by atoms with E-state index in [4.69, 9.17) is 4.74 Å². The molecular formula is C28H35N5O6S2. The maximum atomic E-state index is 13.8. The van der Waals surface area contributed by atoms with Crippen molar-refractivity contribution in [1.29, 1.82) is 0 Å². The average molecular weight is 602 g/mol. The molecule has 3 aromatic rings. The Morgan fingerprint density at radius 3 is 2.29 bits per heavy atom. The average Bonchev–Trinajstić information content (AvgIpc) is 3.35. The molecule has 13 heteroatoms. The number of rotatable bonds is 9. The topological polar surface area (TPSA) is 128 Å². The SMILES string of the molecule is CCNC(=O)Nc1sc2c(OC)cccc2c1C(=O)N1CCN(S(=O)(=O)c2ccccc2C(=O)N(CC)CC)CC1. The smallest absolute Gasteiger partial charge is 0.319 e. The second kappa shape index (κ2) is 12.9. The van der Waals surface area contributed by atoms with Gasteiger partial charge in [0.2, 0.25) is 10.0 Å². The highest BCUT2D eigenvalue weighted by Crippen LogP contribution is 2.41. The van der Waals surface area contributed by atoms with Crippen LogP contribution in [0.3, 0.4) is 0 Å². The Hall–Kier alpha value is -3.68. The van der Waals surface area contributed by atoms with E-state index in [2.05, 4.69) is 10.6 Å². The zero-order valence-electron chi connectivity index (χ0n) is 23.6. The summed E-state index contributed by atoms with van der Waals surface area (Å²) in [5, 5.41) is 6.49. The highest BCUT2D eigenvalue weighted by Gasteiger charge is 2.35. The number of hydrogen-bond donors (Lipinski definition) is 2. The lowest BCUT2D eigenvalue weighted by Crippen LogP contribution is -2.50. The van der Waals surface area contributed by atoms with E-state index in [0.717, 1.165) is 4.70 Å². The number of hydrogen-bond acceptors (Lipinski definition) is 7. The molecule has 2 aromatic carbocycles. The summed E-state index contributed by atoms with van der Waals surface area (Å²) in [5.41, 5.74) is 0.469. The minimum absolute atomic E-state index is 0.0407. The molecule has 1 aliphatic rings. The molecule has 1 aromatic heterocycles. The maximum Gasteiger partial charge on any atom is 0.319 e. The van der Waals surface area contributed by atoms with Gasteiger partial charge in [-0.2, -0.15) is 4.31 Å². The molecule has 0 atom stereocenters. The van der Waals surface area contributed by atoms with Gasteiger partial charge in [-0.3, -0.25) is 14.9 Å². The number of urea groups is 1. The number of nitrogens with one attached hydrogen (secondary N) is 2. The first-order valence-corrected chi connectivity index (χ1v) is 15.8. The van der Waals surface area contributed by atoms with Crippen LogP contribution in [0.25, 0.3) is 10.1 Å². The van der Waals surface area contributed by atoms with E-state index in [1.807, 2.05) is 13.8 Å². The monoisotopic (exact) mass is 601 g/mol. The van der Waals surface area contributed by atoms with Crippen LogP contribution in [0.4, 0.5) is 9.80 Å². The van der Waals surface area contributed by atoms with Crippen molar-refractivity contribution in [2.24, 2.45) is 0 Å². The van der Waals surface area contributed by atoms with E-state index in [9.17, 15) is 22.8 Å². The van der Waals surface area contributed by atoms with Crippen molar-refractivity contribution in [1.82, 2.24) is 19.4 Å². The molecule has 0 radical (unpaired) electrons. The minimum atomic E-state index is -4.00. The van der Waals surface area contributed by atoms with Crippen LogP contribution in [0.5, 0.6) is 5.75 Å². The number of methoxy groups -OCH3 is 1. The molecule has 2 heterocycles. The van der Waals surface area contributed by atoms with Gasteiger partial charge in [0.05, 0.1) is 27.8 Å². The van der Waals surface area contributed by atoms with Crippen LogP contribution < -0.4 is 15.4 Å². The molecule has 0 spiro atoms. The van der Waals surface area contributed by atoms with Crippen molar-refractivity contribution in [2.75, 3.05) is 58.2 Å². The number of piperazine rings is 1. The lowest BCUT2D eigenvalue weighted by atomic mass is 10.1. The van der Waals surface area contributed by atoms with E-state index in [-0.39, 0.29) is 48.5 Å². The molecule has 11 nitrogen and oxygen atoms in total. The van der Waals surface area contributed by atoms with Crippen LogP contribution in [0.2, 0.25) is 0 Å². The van der Waals surface area contributed by atoms with E-state index >= 15 is 0 Å². The normalized spacial score (nSPS) is 14.1. The van der Waals surface area contributed by atoms with Gasteiger partial charge in [-0.25, -0.2) is 13.2 Å². The molecule has 0 unspecified atom stereocenters. The first-order valence-electron chi connectivity index (χ1n) is 13.5. The van der Waals surface area contributed by atoms with Gasteiger partial charge < -0.3 is 19.9 Å². The molecule has 0 bridgehead atoms. The molecule has 1 fully saturated rings. The number of benzene rings is 2. The highest BCUT2D eigenvalue weighted by molar-refractivity contribution is 7.89. The van der Waals surface area contributed by atoms with E-state index in [0.29, 0.717) is 41.3 Å². The Bertz CT molecular complexity index is 1540. The largest absolute Gasteiger partial charge is 0.495 e. The van der Waals surface area contributed by atoms with Crippen LogP contribution >= 0.6 is 11.3 Å². The molecule has 4 amide bonds. The van der Waals surface area contributed by atoms with E-state index in [1.165, 1.54) is 27.8 Å². The number of carbonyl (C=O) groups is 3. The summed E-state index contributed by atoms with van der Waals surface area (Å²) in [6, 6.07) is 11.2. The van der Waals surface area contributed by atoms with Gasteiger partial charge in [0.1, 0.15) is 10.8 Å². The lowest BCUT2D eigenvalue weighted by molar-refractivity contribution is 0.0701. The summed E-state index contributed by atoms with van der Waals surface area (Å²) in [6.07, 6.45) is 0. The summed E-state index contributed by atoms with van der Waals surface area (Å²) in [7, 11) is -2.45. The summed E-state index contributed by atoms with van der Waals surface area (Å²) in [5.74, 6) is -0.0697. The molecule has 2 N–H and O–H groups in total. The van der Waals surface area contributed by atoms with Gasteiger partial charge in [-0.15, -0.1) is 11.3 Å². The van der Waals surface area contributed by atoms with Crippen molar-refractivity contribution in [3.63, 3.8) is 0 Å². The quantitative estimate of drug-likeness (QED) is 0.385. The van der Waals surface area contributed by atoms with Crippen LogP contribution in [0.1, 0.15) is 41.5 Å². The fourth-order valence-corrected chi connectivity index (χ4v) is 7.63. The number of ether oxygens (including phenoxy) is 1. The van der Waals surface area contributed by atoms with Gasteiger partial charge in [0.15, 0.2) is 0 Å². The number of carbonyl (C=O) groups excluding carboxylic acids is 3. The van der Waals surface area contributed by atoms with Gasteiger partial charge >= 0.3 is 6.03 Å². The molecular weight excluding hydrogens is 566 g/mol. The number of anilines is 1. The molecule has 1 saturated heterocycles. The van der Waals surface area contributed by atoms with Crippen molar-refractivity contribution < 1.29 is 27.5 Å². The van der Waals surface area contributed by atoms with Gasteiger partial charge in [-0.1, -0.05) is 24.3 Å². The summed E-state index contributed by atoms with van der Waals surface area (Å²) < 4.78 is 34.9. The summed E-state index contributed by atoms with van der Waals surface area (Å²) >= 11 is 1.25. The third-order valence-corrected chi connectivity index (χ3v) is 10.1. The van der Waals surface area contributed by atoms with E-state index in [1.54, 1.807) is 54.2 Å². The number of fused-ring (bicyclic) bond motifs is 1. The number of amides is 4. The van der Waals surface area contributed by atoms with Crippen LogP contribution in [-0.2, 0) is 10.0 Å². The molecule has 0 aliphatic carbocycles. The van der Waals surface area contributed by atoms with Crippen molar-refractivity contribution in [3.8, 4) is 5.75 Å². The highest BCUT2D eigenvalue weighted by atomic mass is 32.2. The van der Waals surface area contributed by atoms with Gasteiger partial charge in [-0.05, 0) is 39.0 Å². The second-order valence-corrected chi connectivity index (χ2v) is 12.2. The maximum absolute atomic E-state index is 13.8. The Labute approximate surface area is 244 Å². The van der Waals surface area contributed by atoms with Crippen LogP contribution in [-0.4, -0.2) is 93.3 Å². The predicted octanol–water partition coefficient (Wildman–Crippen LogP) is 3.68. The zero-order valence-corrected chi connectivity index (χ0v) is 25.2. The lowest BCUT2D eigenvalue weighted by Gasteiger charge is -2.34. The molecule has 220 valence electrons. The number of thiophene rings is 1. The third kappa shape index (κ3) is 6.02. The van der Waals surface area contributed by atoms with Crippen LogP contribution in [0.15, 0.2) is 47.4 Å². The molecule has 41 heavy (non-hydrogen) atoms. The molecule has 0 saturated carbocycles. The zero-order chi connectivity index (χ0) is 29.7. The Balaban J connectivity index is 1.59. The predicted molar refractivity (Wildman–Crippen MR) is 159 cm³/mol. The standard InChI is InChI=1S/C28H35N5O6S2/c1-5-29-28(36)30-25-23(20-12-10-13-21(39-4)24(20)40-25)27(35)32-15-17-33(18-16-32)41(37,38)22-14-9-8-11-19(22)26(34)31(6-2)7-3/h8-14H,5-7,15-18H2,1-4H3,(H2,29,30,36). The summed E-state index contributed by atoms with van der Waals surface area (Å²) in [4.78, 5) is 42.4. The Morgan fingerprint density at radius 1 is 0.976 bits per heavy atom. The first-order chi connectivity index (χ1) is 19.7. The van der Waals surface area contributed by atoms with Crippen molar-refractivity contribution >= 4 is 54.3 Å². The molecule has 4 rings (SSSR count). The van der Waals surface area contributed by atoms with Crippen LogP contribution in [0, 0.1) is 0 Å². The van der Waals surface area contributed by atoms with Gasteiger partial charge in [0, 0.05) is 51.2 Å². The Kier molecular flexibility index (Phi) is 9.51. The van der Waals surface area contributed by atoms with Crippen molar-refractivity contribution in [2.45, 2.75) is 25.7 Å². The number of nitrogens with zero attached hydrogens (tertiary/aromatic N) is 3. The van der Waals surface area contributed by atoms with Gasteiger partial charge in [0.25, 0.3) is 11.8 Å².